The predicted octanol–water partition coefficient (Wildman–Crippen LogP) is 3.72. The number of hydrogen-bond acceptors (Lipinski definition) is 2. The smallest absolute Gasteiger partial charge is 0.0914 e. The lowest BCUT2D eigenvalue weighted by Crippen LogP contribution is -2.24. The van der Waals surface area contributed by atoms with Crippen molar-refractivity contribution in [3.8, 4) is 0 Å². The number of nitrogens with one attached hydrogen (secondary N) is 1. The maximum absolute atomic E-state index is 10.1. The summed E-state index contributed by atoms with van der Waals surface area (Å²) in [6.07, 6.45) is -0.497. The molecule has 0 aromatic heterocycles. The van der Waals surface area contributed by atoms with Gasteiger partial charge < -0.3 is 10.4 Å². The van der Waals surface area contributed by atoms with Crippen molar-refractivity contribution < 1.29 is 5.11 Å². The van der Waals surface area contributed by atoms with E-state index >= 15 is 0 Å². The standard InChI is InChI=1S/C16H18ClNO/c1-12(14-8-5-9-15(17)10-14)18-11-16(19)13-6-3-2-4-7-13/h2-10,12,16,18-19H,11H2,1H3. The third-order valence-electron chi connectivity index (χ3n) is 3.15. The third-order valence-corrected chi connectivity index (χ3v) is 3.39. The summed E-state index contributed by atoms with van der Waals surface area (Å²) in [5.41, 5.74) is 2.04. The third kappa shape index (κ3) is 4.06. The molecular formula is C16H18ClNO. The number of rotatable bonds is 5. The fraction of sp³-hybridized carbons (Fsp3) is 0.250. The Morgan fingerprint density at radius 3 is 2.42 bits per heavy atom. The molecule has 0 aliphatic heterocycles. The molecule has 0 radical (unpaired) electrons. The highest BCUT2D eigenvalue weighted by Gasteiger charge is 2.10. The number of hydrogen-bond donors (Lipinski definition) is 2. The summed E-state index contributed by atoms with van der Waals surface area (Å²) in [6, 6.07) is 17.6. The second-order valence-corrected chi connectivity index (χ2v) is 5.05. The van der Waals surface area contributed by atoms with E-state index in [1.807, 2.05) is 54.6 Å². The van der Waals surface area contributed by atoms with E-state index < -0.39 is 6.10 Å². The van der Waals surface area contributed by atoms with Crippen molar-refractivity contribution in [1.29, 1.82) is 0 Å². The molecule has 0 saturated heterocycles. The van der Waals surface area contributed by atoms with Crippen LogP contribution < -0.4 is 5.32 Å². The summed E-state index contributed by atoms with van der Waals surface area (Å²) in [5.74, 6) is 0. The van der Waals surface area contributed by atoms with Crippen LogP contribution in [0, 0.1) is 0 Å². The average molecular weight is 276 g/mol. The van der Waals surface area contributed by atoms with Crippen LogP contribution in [0.3, 0.4) is 0 Å². The molecular weight excluding hydrogens is 258 g/mol. The van der Waals surface area contributed by atoms with E-state index in [1.54, 1.807) is 0 Å². The fourth-order valence-corrected chi connectivity index (χ4v) is 2.17. The van der Waals surface area contributed by atoms with Gasteiger partial charge in [0.2, 0.25) is 0 Å². The van der Waals surface area contributed by atoms with Crippen LogP contribution in [-0.2, 0) is 0 Å². The van der Waals surface area contributed by atoms with Crippen molar-refractivity contribution >= 4 is 11.6 Å². The molecule has 0 heterocycles. The van der Waals surface area contributed by atoms with E-state index in [4.69, 9.17) is 11.6 Å². The molecule has 0 aliphatic rings. The molecule has 2 atom stereocenters. The van der Waals surface area contributed by atoms with Crippen molar-refractivity contribution in [1.82, 2.24) is 5.32 Å². The first-order chi connectivity index (χ1) is 9.16. The van der Waals surface area contributed by atoms with E-state index in [1.165, 1.54) is 0 Å². The van der Waals surface area contributed by atoms with Crippen molar-refractivity contribution in [2.75, 3.05) is 6.54 Å². The molecule has 2 N–H and O–H groups in total. The van der Waals surface area contributed by atoms with Crippen LogP contribution in [-0.4, -0.2) is 11.7 Å². The molecule has 2 aromatic carbocycles. The van der Waals surface area contributed by atoms with Crippen LogP contribution in [0.5, 0.6) is 0 Å². The zero-order valence-corrected chi connectivity index (χ0v) is 11.6. The SMILES string of the molecule is CC(NCC(O)c1ccccc1)c1cccc(Cl)c1. The zero-order chi connectivity index (χ0) is 13.7. The van der Waals surface area contributed by atoms with Gasteiger partial charge in [-0.15, -0.1) is 0 Å². The fourth-order valence-electron chi connectivity index (χ4n) is 1.98. The maximum atomic E-state index is 10.1. The first-order valence-electron chi connectivity index (χ1n) is 6.38. The second kappa shape index (κ2) is 6.71. The van der Waals surface area contributed by atoms with Crippen molar-refractivity contribution in [3.05, 3.63) is 70.7 Å². The zero-order valence-electron chi connectivity index (χ0n) is 10.9. The van der Waals surface area contributed by atoms with Gasteiger partial charge in [-0.25, -0.2) is 0 Å². The van der Waals surface area contributed by atoms with Crippen molar-refractivity contribution in [3.63, 3.8) is 0 Å². The van der Waals surface area contributed by atoms with Crippen LogP contribution in [0.4, 0.5) is 0 Å². The van der Waals surface area contributed by atoms with E-state index in [0.717, 1.165) is 16.1 Å². The highest BCUT2D eigenvalue weighted by atomic mass is 35.5. The molecule has 2 rings (SSSR count). The van der Waals surface area contributed by atoms with E-state index in [9.17, 15) is 5.11 Å². The quantitative estimate of drug-likeness (QED) is 0.872. The first-order valence-corrected chi connectivity index (χ1v) is 6.76. The molecule has 2 unspecified atom stereocenters. The van der Waals surface area contributed by atoms with Gasteiger partial charge in [-0.05, 0) is 30.2 Å². The van der Waals surface area contributed by atoms with Crippen LogP contribution in [0.2, 0.25) is 5.02 Å². The minimum absolute atomic E-state index is 0.150. The molecule has 0 bridgehead atoms. The van der Waals surface area contributed by atoms with Gasteiger partial charge >= 0.3 is 0 Å². The van der Waals surface area contributed by atoms with Crippen molar-refractivity contribution in [2.24, 2.45) is 0 Å². The monoisotopic (exact) mass is 275 g/mol. The van der Waals surface area contributed by atoms with Crippen molar-refractivity contribution in [2.45, 2.75) is 19.1 Å². The maximum Gasteiger partial charge on any atom is 0.0914 e. The Hall–Kier alpha value is -1.35. The van der Waals surface area contributed by atoms with Gasteiger partial charge in [0.1, 0.15) is 0 Å². The Morgan fingerprint density at radius 2 is 1.74 bits per heavy atom. The topological polar surface area (TPSA) is 32.3 Å². The summed E-state index contributed by atoms with van der Waals surface area (Å²) >= 11 is 5.97. The molecule has 19 heavy (non-hydrogen) atoms. The molecule has 0 aliphatic carbocycles. The summed E-state index contributed by atoms with van der Waals surface area (Å²) in [5, 5.41) is 14.1. The van der Waals surface area contributed by atoms with Crippen LogP contribution in [0.1, 0.15) is 30.2 Å². The largest absolute Gasteiger partial charge is 0.387 e. The normalized spacial score (nSPS) is 14.1. The van der Waals surface area contributed by atoms with Crippen LogP contribution in [0.15, 0.2) is 54.6 Å². The minimum Gasteiger partial charge on any atom is -0.387 e. The number of halogens is 1. The Balaban J connectivity index is 1.92. The molecule has 0 spiro atoms. The Bertz CT molecular complexity index is 515. The van der Waals surface area contributed by atoms with Gasteiger partial charge in [0.25, 0.3) is 0 Å². The molecule has 0 saturated carbocycles. The summed E-state index contributed by atoms with van der Waals surface area (Å²) in [4.78, 5) is 0. The summed E-state index contributed by atoms with van der Waals surface area (Å²) in [6.45, 7) is 2.57. The molecule has 100 valence electrons. The lowest BCUT2D eigenvalue weighted by molar-refractivity contribution is 0.171. The highest BCUT2D eigenvalue weighted by Crippen LogP contribution is 2.18. The number of benzene rings is 2. The van der Waals surface area contributed by atoms with Gasteiger partial charge in [0.15, 0.2) is 0 Å². The van der Waals surface area contributed by atoms with Crippen LogP contribution in [0.25, 0.3) is 0 Å². The highest BCUT2D eigenvalue weighted by molar-refractivity contribution is 6.30. The molecule has 3 heteroatoms. The minimum atomic E-state index is -0.497. The molecule has 0 fully saturated rings. The lowest BCUT2D eigenvalue weighted by atomic mass is 10.1. The van der Waals surface area contributed by atoms with Gasteiger partial charge in [0.05, 0.1) is 6.10 Å². The summed E-state index contributed by atoms with van der Waals surface area (Å²) in [7, 11) is 0. The molecule has 2 nitrogen and oxygen atoms in total. The Kier molecular flexibility index (Phi) is 4.97. The second-order valence-electron chi connectivity index (χ2n) is 4.61. The summed E-state index contributed by atoms with van der Waals surface area (Å²) < 4.78 is 0. The van der Waals surface area contributed by atoms with Gasteiger partial charge in [-0.3, -0.25) is 0 Å². The van der Waals surface area contributed by atoms with E-state index in [-0.39, 0.29) is 6.04 Å². The Morgan fingerprint density at radius 1 is 1.05 bits per heavy atom. The van der Waals surface area contributed by atoms with Gasteiger partial charge in [-0.1, -0.05) is 54.1 Å². The molecule has 2 aromatic rings. The number of aliphatic hydroxyl groups is 1. The van der Waals surface area contributed by atoms with Gasteiger partial charge in [-0.2, -0.15) is 0 Å². The van der Waals surface area contributed by atoms with E-state index in [2.05, 4.69) is 12.2 Å². The van der Waals surface area contributed by atoms with E-state index in [0.29, 0.717) is 6.54 Å². The Labute approximate surface area is 119 Å². The van der Waals surface area contributed by atoms with Crippen LogP contribution >= 0.6 is 11.6 Å². The van der Waals surface area contributed by atoms with Gasteiger partial charge in [0, 0.05) is 17.6 Å². The predicted molar refractivity (Wildman–Crippen MR) is 79.3 cm³/mol. The molecule has 0 amide bonds. The lowest BCUT2D eigenvalue weighted by Gasteiger charge is -2.18. The first kappa shape index (κ1) is 14.1. The number of aliphatic hydroxyl groups excluding tert-OH is 1. The average Bonchev–Trinajstić information content (AvgIpc) is 2.45.